The lowest BCUT2D eigenvalue weighted by Crippen LogP contribution is -2.13. The van der Waals surface area contributed by atoms with Gasteiger partial charge in [0.2, 0.25) is 0 Å². The fourth-order valence-corrected chi connectivity index (χ4v) is 1.88. The van der Waals surface area contributed by atoms with Crippen LogP contribution in [-0.4, -0.2) is 30.8 Å². The van der Waals surface area contributed by atoms with Gasteiger partial charge in [-0.3, -0.25) is 0 Å². The molecule has 1 rings (SSSR count). The van der Waals surface area contributed by atoms with Crippen molar-refractivity contribution in [1.82, 2.24) is 4.98 Å². The van der Waals surface area contributed by atoms with Gasteiger partial charge in [0.05, 0.1) is 12.2 Å². The van der Waals surface area contributed by atoms with Gasteiger partial charge in [0.1, 0.15) is 11.8 Å². The molecule has 5 heteroatoms. The zero-order valence-electron chi connectivity index (χ0n) is 12.3. The average Bonchev–Trinajstić information content (AvgIpc) is 2.37. The molecule has 1 heterocycles. The minimum Gasteiger partial charge on any atom is -0.460 e. The number of rotatable bonds is 8. The molecule has 0 N–H and O–H groups in total. The van der Waals surface area contributed by atoms with E-state index in [0.717, 1.165) is 18.5 Å². The quantitative estimate of drug-likeness (QED) is 0.419. The van der Waals surface area contributed by atoms with E-state index in [0.29, 0.717) is 29.8 Å². The minimum atomic E-state index is -0.389. The molecule has 0 spiro atoms. The number of nitrogens with zero attached hydrogens (tertiary/aromatic N) is 1. The van der Waals surface area contributed by atoms with Gasteiger partial charge in [-0.25, -0.2) is 9.78 Å². The highest BCUT2D eigenvalue weighted by atomic mass is 35.5. The Labute approximate surface area is 125 Å². The molecule has 0 radical (unpaired) electrons. The lowest BCUT2D eigenvalue weighted by Gasteiger charge is -2.08. The van der Waals surface area contributed by atoms with E-state index in [4.69, 9.17) is 21.1 Å². The summed E-state index contributed by atoms with van der Waals surface area (Å²) < 4.78 is 10.5. The monoisotopic (exact) mass is 299 g/mol. The molecule has 4 nitrogen and oxygen atoms in total. The second-order valence-electron chi connectivity index (χ2n) is 5.02. The number of aromatic nitrogens is 1. The smallest absolute Gasteiger partial charge is 0.338 e. The summed E-state index contributed by atoms with van der Waals surface area (Å²) in [5, 5.41) is 0.318. The van der Waals surface area contributed by atoms with Crippen LogP contribution in [0.25, 0.3) is 0 Å². The average molecular weight is 300 g/mol. The molecule has 0 atom stereocenters. The maximum Gasteiger partial charge on any atom is 0.338 e. The lowest BCUT2D eigenvalue weighted by molar-refractivity contribution is 0.0277. The number of ether oxygens (including phenoxy) is 2. The molecule has 0 saturated carbocycles. The van der Waals surface area contributed by atoms with Gasteiger partial charge in [-0.1, -0.05) is 38.8 Å². The molecule has 0 unspecified atom stereocenters. The zero-order valence-corrected chi connectivity index (χ0v) is 13.1. The summed E-state index contributed by atoms with van der Waals surface area (Å²) in [7, 11) is 0. The number of aryl methyl sites for hydroxylation is 1. The van der Waals surface area contributed by atoms with E-state index in [1.165, 1.54) is 6.07 Å². The molecule has 0 amide bonds. The van der Waals surface area contributed by atoms with Crippen molar-refractivity contribution in [1.29, 1.82) is 0 Å². The van der Waals surface area contributed by atoms with Crippen molar-refractivity contribution in [2.45, 2.75) is 33.6 Å². The Morgan fingerprint density at radius 2 is 2.10 bits per heavy atom. The third kappa shape index (κ3) is 6.35. The first kappa shape index (κ1) is 16.9. The molecular formula is C15H22ClNO3. The molecule has 0 aliphatic heterocycles. The van der Waals surface area contributed by atoms with Gasteiger partial charge in [0.25, 0.3) is 0 Å². The first-order valence-corrected chi connectivity index (χ1v) is 7.32. The number of halogens is 1. The summed E-state index contributed by atoms with van der Waals surface area (Å²) in [6.07, 6.45) is 1.74. The SMILES string of the molecule is CCCc1cc(C(=O)OCCOCC(C)C)cc(Cl)n1. The van der Waals surface area contributed by atoms with Crippen LogP contribution in [0.3, 0.4) is 0 Å². The maximum atomic E-state index is 11.9. The van der Waals surface area contributed by atoms with Crippen LogP contribution in [-0.2, 0) is 15.9 Å². The molecule has 0 aromatic carbocycles. The number of carbonyl (C=O) groups excluding carboxylic acids is 1. The number of hydrogen-bond donors (Lipinski definition) is 0. The maximum absolute atomic E-state index is 11.9. The molecule has 0 aliphatic rings. The zero-order chi connectivity index (χ0) is 15.0. The fourth-order valence-electron chi connectivity index (χ4n) is 1.65. The van der Waals surface area contributed by atoms with E-state index >= 15 is 0 Å². The van der Waals surface area contributed by atoms with Crippen LogP contribution in [0.4, 0.5) is 0 Å². The van der Waals surface area contributed by atoms with E-state index in [9.17, 15) is 4.79 Å². The summed E-state index contributed by atoms with van der Waals surface area (Å²) in [6, 6.07) is 3.25. The van der Waals surface area contributed by atoms with Gasteiger partial charge in [0.15, 0.2) is 0 Å². The molecule has 0 fully saturated rings. The molecule has 1 aromatic heterocycles. The number of carbonyl (C=O) groups is 1. The van der Waals surface area contributed by atoms with Crippen LogP contribution < -0.4 is 0 Å². The van der Waals surface area contributed by atoms with Crippen LogP contribution in [0, 0.1) is 5.92 Å². The largest absolute Gasteiger partial charge is 0.460 e. The van der Waals surface area contributed by atoms with Gasteiger partial charge in [-0.15, -0.1) is 0 Å². The Morgan fingerprint density at radius 1 is 1.35 bits per heavy atom. The molecule has 112 valence electrons. The fraction of sp³-hybridized carbons (Fsp3) is 0.600. The van der Waals surface area contributed by atoms with Crippen molar-refractivity contribution >= 4 is 17.6 Å². The van der Waals surface area contributed by atoms with Crippen molar-refractivity contribution < 1.29 is 14.3 Å². The Hall–Kier alpha value is -1.13. The van der Waals surface area contributed by atoms with Crippen LogP contribution in [0.2, 0.25) is 5.15 Å². The van der Waals surface area contributed by atoms with Crippen molar-refractivity contribution in [3.63, 3.8) is 0 Å². The van der Waals surface area contributed by atoms with Gasteiger partial charge in [-0.2, -0.15) is 0 Å². The second-order valence-corrected chi connectivity index (χ2v) is 5.41. The van der Waals surface area contributed by atoms with E-state index in [1.54, 1.807) is 6.07 Å². The van der Waals surface area contributed by atoms with E-state index in [1.807, 2.05) is 6.92 Å². The Morgan fingerprint density at radius 3 is 2.75 bits per heavy atom. The molecule has 20 heavy (non-hydrogen) atoms. The third-order valence-corrected chi connectivity index (χ3v) is 2.69. The summed E-state index contributed by atoms with van der Waals surface area (Å²) in [5.41, 5.74) is 1.25. The molecule has 0 saturated heterocycles. The molecule has 1 aromatic rings. The standard InChI is InChI=1S/C15H22ClNO3/c1-4-5-13-8-12(9-14(16)17-13)15(18)20-7-6-19-10-11(2)3/h8-9,11H,4-7,10H2,1-3H3. The highest BCUT2D eigenvalue weighted by Gasteiger charge is 2.10. The molecule has 0 aliphatic carbocycles. The number of esters is 1. The Bertz CT molecular complexity index is 435. The first-order valence-electron chi connectivity index (χ1n) is 6.94. The third-order valence-electron chi connectivity index (χ3n) is 2.50. The highest BCUT2D eigenvalue weighted by molar-refractivity contribution is 6.29. The van der Waals surface area contributed by atoms with Crippen molar-refractivity contribution in [2.24, 2.45) is 5.92 Å². The molecular weight excluding hydrogens is 278 g/mol. The van der Waals surface area contributed by atoms with Crippen LogP contribution >= 0.6 is 11.6 Å². The summed E-state index contributed by atoms with van der Waals surface area (Å²) in [5.74, 6) is 0.0844. The van der Waals surface area contributed by atoms with Gasteiger partial charge in [0, 0.05) is 12.3 Å². The summed E-state index contributed by atoms with van der Waals surface area (Å²) >= 11 is 5.90. The van der Waals surface area contributed by atoms with Crippen molar-refractivity contribution in [2.75, 3.05) is 19.8 Å². The topological polar surface area (TPSA) is 48.4 Å². The summed E-state index contributed by atoms with van der Waals surface area (Å²) in [6.45, 7) is 7.51. The highest BCUT2D eigenvalue weighted by Crippen LogP contribution is 2.13. The number of pyridine rings is 1. The van der Waals surface area contributed by atoms with Gasteiger partial charge < -0.3 is 9.47 Å². The Balaban J connectivity index is 2.46. The first-order chi connectivity index (χ1) is 9.52. The minimum absolute atomic E-state index is 0.245. The van der Waals surface area contributed by atoms with Gasteiger partial charge >= 0.3 is 5.97 Å². The van der Waals surface area contributed by atoms with Crippen LogP contribution in [0.5, 0.6) is 0 Å². The summed E-state index contributed by atoms with van der Waals surface area (Å²) in [4.78, 5) is 16.1. The predicted molar refractivity (Wildman–Crippen MR) is 79.2 cm³/mol. The van der Waals surface area contributed by atoms with Crippen molar-refractivity contribution in [3.05, 3.63) is 28.5 Å². The van der Waals surface area contributed by atoms with Crippen molar-refractivity contribution in [3.8, 4) is 0 Å². The van der Waals surface area contributed by atoms with E-state index in [2.05, 4.69) is 18.8 Å². The Kier molecular flexibility index (Phi) is 7.55. The normalized spacial score (nSPS) is 10.8. The van der Waals surface area contributed by atoms with E-state index < -0.39 is 0 Å². The molecule has 0 bridgehead atoms. The second kappa shape index (κ2) is 8.93. The van der Waals surface area contributed by atoms with Crippen LogP contribution in [0.1, 0.15) is 43.2 Å². The predicted octanol–water partition coefficient (Wildman–Crippen LogP) is 3.52. The van der Waals surface area contributed by atoms with Crippen LogP contribution in [0.15, 0.2) is 12.1 Å². The lowest BCUT2D eigenvalue weighted by atomic mass is 10.2. The van der Waals surface area contributed by atoms with Gasteiger partial charge in [-0.05, 0) is 24.5 Å². The number of hydrogen-bond acceptors (Lipinski definition) is 4. The van der Waals surface area contributed by atoms with E-state index in [-0.39, 0.29) is 12.6 Å².